The summed E-state index contributed by atoms with van der Waals surface area (Å²) in [6.07, 6.45) is 0. The van der Waals surface area contributed by atoms with Gasteiger partial charge in [0.2, 0.25) is 5.91 Å². The zero-order valence-electron chi connectivity index (χ0n) is 11.3. The number of nitrogens with one attached hydrogen (secondary N) is 1. The minimum Gasteiger partial charge on any atom is -0.491 e. The summed E-state index contributed by atoms with van der Waals surface area (Å²) in [6.45, 7) is 2.28. The van der Waals surface area contributed by atoms with Gasteiger partial charge in [-0.25, -0.2) is 4.39 Å². The fourth-order valence-electron chi connectivity index (χ4n) is 1.77. The van der Waals surface area contributed by atoms with E-state index in [0.717, 1.165) is 17.3 Å². The molecule has 6 heteroatoms. The van der Waals surface area contributed by atoms with Crippen LogP contribution in [0.1, 0.15) is 6.92 Å². The molecule has 0 bridgehead atoms. The SMILES string of the molecule is CC(COc1ccc(F)cc1)NC(=O)C1CSCCS1. The second kappa shape index (κ2) is 7.78. The molecular formula is C14H18FNO2S2. The van der Waals surface area contributed by atoms with E-state index in [2.05, 4.69) is 5.32 Å². The van der Waals surface area contributed by atoms with Crippen molar-refractivity contribution in [1.82, 2.24) is 5.32 Å². The molecule has 2 rings (SSSR count). The lowest BCUT2D eigenvalue weighted by atomic mass is 10.3. The summed E-state index contributed by atoms with van der Waals surface area (Å²) in [5, 5.41) is 3.00. The Balaban J connectivity index is 1.73. The van der Waals surface area contributed by atoms with Crippen LogP contribution < -0.4 is 10.1 Å². The van der Waals surface area contributed by atoms with E-state index in [4.69, 9.17) is 4.74 Å². The first kappa shape index (κ1) is 15.5. The summed E-state index contributed by atoms with van der Waals surface area (Å²) < 4.78 is 18.3. The summed E-state index contributed by atoms with van der Waals surface area (Å²) in [4.78, 5) is 12.0. The third kappa shape index (κ3) is 4.90. The number of ether oxygens (including phenoxy) is 1. The molecule has 2 unspecified atom stereocenters. The molecule has 110 valence electrons. The first-order valence-electron chi connectivity index (χ1n) is 6.53. The van der Waals surface area contributed by atoms with Crippen LogP contribution in [-0.4, -0.2) is 41.1 Å². The lowest BCUT2D eigenvalue weighted by Gasteiger charge is -2.22. The van der Waals surface area contributed by atoms with E-state index in [1.54, 1.807) is 23.9 Å². The van der Waals surface area contributed by atoms with Crippen molar-refractivity contribution in [2.75, 3.05) is 23.9 Å². The van der Waals surface area contributed by atoms with E-state index in [0.29, 0.717) is 12.4 Å². The van der Waals surface area contributed by atoms with Gasteiger partial charge in [0.15, 0.2) is 0 Å². The van der Waals surface area contributed by atoms with Crippen molar-refractivity contribution < 1.29 is 13.9 Å². The van der Waals surface area contributed by atoms with Gasteiger partial charge in [-0.15, -0.1) is 11.8 Å². The summed E-state index contributed by atoms with van der Waals surface area (Å²) in [5.74, 6) is 3.43. The number of halogens is 1. The summed E-state index contributed by atoms with van der Waals surface area (Å²) in [5.41, 5.74) is 0. The van der Waals surface area contributed by atoms with Gasteiger partial charge in [0.05, 0.1) is 11.3 Å². The van der Waals surface area contributed by atoms with Crippen LogP contribution in [0.2, 0.25) is 0 Å². The van der Waals surface area contributed by atoms with Crippen molar-refractivity contribution in [2.45, 2.75) is 18.2 Å². The average Bonchev–Trinajstić information content (AvgIpc) is 2.47. The van der Waals surface area contributed by atoms with Crippen LogP contribution in [0.5, 0.6) is 5.75 Å². The highest BCUT2D eigenvalue weighted by Crippen LogP contribution is 2.24. The third-order valence-corrected chi connectivity index (χ3v) is 5.56. The maximum Gasteiger partial charge on any atom is 0.234 e. The predicted octanol–water partition coefficient (Wildman–Crippen LogP) is 2.56. The molecule has 0 spiro atoms. The highest BCUT2D eigenvalue weighted by molar-refractivity contribution is 8.07. The topological polar surface area (TPSA) is 38.3 Å². The van der Waals surface area contributed by atoms with Crippen molar-refractivity contribution in [3.63, 3.8) is 0 Å². The van der Waals surface area contributed by atoms with Gasteiger partial charge in [0.1, 0.15) is 18.2 Å². The molecule has 1 aliphatic heterocycles. The van der Waals surface area contributed by atoms with Gasteiger partial charge in [0, 0.05) is 17.3 Å². The van der Waals surface area contributed by atoms with Crippen LogP contribution >= 0.6 is 23.5 Å². The molecule has 1 amide bonds. The van der Waals surface area contributed by atoms with Gasteiger partial charge in [-0.3, -0.25) is 4.79 Å². The number of hydrogen-bond acceptors (Lipinski definition) is 4. The number of carbonyl (C=O) groups is 1. The Hall–Kier alpha value is -0.880. The van der Waals surface area contributed by atoms with Crippen molar-refractivity contribution >= 4 is 29.4 Å². The van der Waals surface area contributed by atoms with Crippen LogP contribution in [0.25, 0.3) is 0 Å². The zero-order valence-corrected chi connectivity index (χ0v) is 12.9. The van der Waals surface area contributed by atoms with E-state index >= 15 is 0 Å². The number of carbonyl (C=O) groups excluding carboxylic acids is 1. The molecule has 0 saturated carbocycles. The average molecular weight is 315 g/mol. The first-order valence-corrected chi connectivity index (χ1v) is 8.73. The largest absolute Gasteiger partial charge is 0.491 e. The van der Waals surface area contributed by atoms with Gasteiger partial charge >= 0.3 is 0 Å². The Morgan fingerprint density at radius 1 is 1.45 bits per heavy atom. The zero-order chi connectivity index (χ0) is 14.4. The van der Waals surface area contributed by atoms with E-state index < -0.39 is 0 Å². The predicted molar refractivity (Wildman–Crippen MR) is 83.1 cm³/mol. The van der Waals surface area contributed by atoms with Gasteiger partial charge in [0.25, 0.3) is 0 Å². The molecule has 3 nitrogen and oxygen atoms in total. The molecule has 20 heavy (non-hydrogen) atoms. The minimum atomic E-state index is -0.287. The number of hydrogen-bond donors (Lipinski definition) is 1. The fourth-order valence-corrected chi connectivity index (χ4v) is 4.33. The smallest absolute Gasteiger partial charge is 0.234 e. The van der Waals surface area contributed by atoms with E-state index in [9.17, 15) is 9.18 Å². The van der Waals surface area contributed by atoms with Gasteiger partial charge in [-0.05, 0) is 31.2 Å². The first-order chi connectivity index (χ1) is 9.65. The van der Waals surface area contributed by atoms with Gasteiger partial charge in [-0.2, -0.15) is 11.8 Å². The lowest BCUT2D eigenvalue weighted by Crippen LogP contribution is -2.43. The summed E-state index contributed by atoms with van der Waals surface area (Å²) >= 11 is 3.54. The lowest BCUT2D eigenvalue weighted by molar-refractivity contribution is -0.121. The fraction of sp³-hybridized carbons (Fsp3) is 0.500. The molecule has 1 fully saturated rings. The van der Waals surface area contributed by atoms with Crippen LogP contribution in [0.3, 0.4) is 0 Å². The molecule has 1 N–H and O–H groups in total. The van der Waals surface area contributed by atoms with Crippen LogP contribution in [0.15, 0.2) is 24.3 Å². The van der Waals surface area contributed by atoms with Crippen LogP contribution in [-0.2, 0) is 4.79 Å². The molecule has 1 aliphatic rings. The van der Waals surface area contributed by atoms with Gasteiger partial charge < -0.3 is 10.1 Å². The van der Waals surface area contributed by atoms with Crippen LogP contribution in [0, 0.1) is 5.82 Å². The molecule has 1 heterocycles. The molecule has 2 atom stereocenters. The van der Waals surface area contributed by atoms with Crippen molar-refractivity contribution in [3.8, 4) is 5.75 Å². The van der Waals surface area contributed by atoms with E-state index in [-0.39, 0.29) is 23.0 Å². The highest BCUT2D eigenvalue weighted by Gasteiger charge is 2.23. The maximum absolute atomic E-state index is 12.7. The van der Waals surface area contributed by atoms with Crippen molar-refractivity contribution in [3.05, 3.63) is 30.1 Å². The quantitative estimate of drug-likeness (QED) is 0.906. The van der Waals surface area contributed by atoms with E-state index in [1.807, 2.05) is 18.7 Å². The highest BCUT2D eigenvalue weighted by atomic mass is 32.2. The Morgan fingerprint density at radius 3 is 2.85 bits per heavy atom. The van der Waals surface area contributed by atoms with Gasteiger partial charge in [-0.1, -0.05) is 0 Å². The Bertz CT molecular complexity index is 435. The molecular weight excluding hydrogens is 297 g/mol. The molecule has 0 aliphatic carbocycles. The maximum atomic E-state index is 12.7. The second-order valence-corrected chi connectivity index (χ2v) is 7.07. The summed E-state index contributed by atoms with van der Waals surface area (Å²) in [7, 11) is 0. The molecule has 1 saturated heterocycles. The Morgan fingerprint density at radius 2 is 2.20 bits per heavy atom. The normalized spacial score (nSPS) is 20.2. The van der Waals surface area contributed by atoms with Crippen LogP contribution in [0.4, 0.5) is 4.39 Å². The number of rotatable bonds is 5. The van der Waals surface area contributed by atoms with E-state index in [1.165, 1.54) is 12.1 Å². The van der Waals surface area contributed by atoms with Crippen molar-refractivity contribution in [2.24, 2.45) is 0 Å². The second-order valence-electron chi connectivity index (χ2n) is 4.61. The Labute approximate surface area is 127 Å². The monoisotopic (exact) mass is 315 g/mol. The third-order valence-electron chi connectivity index (χ3n) is 2.81. The summed E-state index contributed by atoms with van der Waals surface area (Å²) in [6, 6.07) is 5.80. The molecule has 0 aromatic heterocycles. The molecule has 1 aromatic rings. The number of benzene rings is 1. The minimum absolute atomic E-state index is 0.0435. The number of amides is 1. The number of thioether (sulfide) groups is 2. The standard InChI is InChI=1S/C14H18FNO2S2/c1-10(8-18-12-4-2-11(15)3-5-12)16-14(17)13-9-19-6-7-20-13/h2-5,10,13H,6-9H2,1H3,(H,16,17). The molecule has 1 aromatic carbocycles. The van der Waals surface area contributed by atoms with Crippen molar-refractivity contribution in [1.29, 1.82) is 0 Å². The Kier molecular flexibility index (Phi) is 6.04. The molecule has 0 radical (unpaired) electrons.